The first-order valence-corrected chi connectivity index (χ1v) is 6.60. The molecule has 19 heavy (non-hydrogen) atoms. The Morgan fingerprint density at radius 1 is 1.32 bits per heavy atom. The second kappa shape index (κ2) is 6.04. The van der Waals surface area contributed by atoms with Crippen LogP contribution < -0.4 is 10.5 Å². The van der Waals surface area contributed by atoms with Crippen molar-refractivity contribution in [2.45, 2.75) is 26.3 Å². The van der Waals surface area contributed by atoms with Gasteiger partial charge in [0.2, 0.25) is 5.88 Å². The Morgan fingerprint density at radius 2 is 2.11 bits per heavy atom. The van der Waals surface area contributed by atoms with E-state index in [0.717, 1.165) is 11.3 Å². The summed E-state index contributed by atoms with van der Waals surface area (Å²) in [6.45, 7) is 4.65. The molecule has 1 aromatic heterocycles. The van der Waals surface area contributed by atoms with Gasteiger partial charge in [-0.2, -0.15) is 0 Å². The Kier molecular flexibility index (Phi) is 4.40. The van der Waals surface area contributed by atoms with Gasteiger partial charge >= 0.3 is 0 Å². The Labute approximate surface area is 118 Å². The number of rotatable bonds is 4. The maximum absolute atomic E-state index is 5.97. The summed E-state index contributed by atoms with van der Waals surface area (Å²) in [5.41, 5.74) is 7.66. The molecule has 0 radical (unpaired) electrons. The fraction of sp³-hybridized carbons (Fsp3) is 0.267. The van der Waals surface area contributed by atoms with E-state index >= 15 is 0 Å². The zero-order valence-corrected chi connectivity index (χ0v) is 11.8. The minimum Gasteiger partial charge on any atom is -0.439 e. The lowest BCUT2D eigenvalue weighted by Gasteiger charge is -2.10. The predicted octanol–water partition coefficient (Wildman–Crippen LogP) is 4.11. The van der Waals surface area contributed by atoms with Gasteiger partial charge in [0, 0.05) is 18.8 Å². The SMILES string of the molecule is CC(C)c1cccc(Oc2cc(CN)c(Cl)cn2)c1. The summed E-state index contributed by atoms with van der Waals surface area (Å²) in [5, 5.41) is 0.561. The van der Waals surface area contributed by atoms with E-state index in [0.29, 0.717) is 23.4 Å². The lowest BCUT2D eigenvalue weighted by Crippen LogP contribution is -1.99. The van der Waals surface area contributed by atoms with Crippen LogP contribution in [0.4, 0.5) is 0 Å². The number of ether oxygens (including phenoxy) is 1. The van der Waals surface area contributed by atoms with E-state index in [9.17, 15) is 0 Å². The number of aromatic nitrogens is 1. The molecule has 2 rings (SSSR count). The Morgan fingerprint density at radius 3 is 2.79 bits per heavy atom. The summed E-state index contributed by atoms with van der Waals surface area (Å²) in [6.07, 6.45) is 1.56. The van der Waals surface area contributed by atoms with Gasteiger partial charge in [0.25, 0.3) is 0 Å². The van der Waals surface area contributed by atoms with Gasteiger partial charge in [0.1, 0.15) is 5.75 Å². The number of benzene rings is 1. The van der Waals surface area contributed by atoms with Crippen LogP contribution in [0.5, 0.6) is 11.6 Å². The molecular formula is C15H17ClN2O. The van der Waals surface area contributed by atoms with E-state index in [2.05, 4.69) is 24.9 Å². The third kappa shape index (κ3) is 3.46. The summed E-state index contributed by atoms with van der Waals surface area (Å²) in [5.74, 6) is 1.73. The second-order valence-electron chi connectivity index (χ2n) is 4.65. The van der Waals surface area contributed by atoms with Crippen LogP contribution in [0.3, 0.4) is 0 Å². The van der Waals surface area contributed by atoms with Crippen molar-refractivity contribution in [3.8, 4) is 11.6 Å². The van der Waals surface area contributed by atoms with E-state index in [-0.39, 0.29) is 0 Å². The van der Waals surface area contributed by atoms with Crippen molar-refractivity contribution in [1.29, 1.82) is 0 Å². The summed E-state index contributed by atoms with van der Waals surface area (Å²) in [7, 11) is 0. The molecule has 4 heteroatoms. The molecule has 100 valence electrons. The first-order valence-electron chi connectivity index (χ1n) is 6.22. The molecule has 2 aromatic rings. The van der Waals surface area contributed by atoms with Crippen molar-refractivity contribution < 1.29 is 4.74 Å². The maximum atomic E-state index is 5.97. The van der Waals surface area contributed by atoms with Crippen molar-refractivity contribution in [1.82, 2.24) is 4.98 Å². The highest BCUT2D eigenvalue weighted by atomic mass is 35.5. The van der Waals surface area contributed by atoms with Crippen LogP contribution in [0.15, 0.2) is 36.5 Å². The quantitative estimate of drug-likeness (QED) is 0.914. The fourth-order valence-electron chi connectivity index (χ4n) is 1.73. The van der Waals surface area contributed by atoms with Gasteiger partial charge in [0.15, 0.2) is 0 Å². The maximum Gasteiger partial charge on any atom is 0.219 e. The van der Waals surface area contributed by atoms with E-state index in [1.165, 1.54) is 5.56 Å². The Balaban J connectivity index is 2.23. The number of hydrogen-bond acceptors (Lipinski definition) is 3. The van der Waals surface area contributed by atoms with E-state index < -0.39 is 0 Å². The number of nitrogens with zero attached hydrogens (tertiary/aromatic N) is 1. The van der Waals surface area contributed by atoms with Crippen LogP contribution in [0.2, 0.25) is 5.02 Å². The number of nitrogens with two attached hydrogens (primary N) is 1. The summed E-state index contributed by atoms with van der Waals surface area (Å²) in [6, 6.07) is 9.75. The summed E-state index contributed by atoms with van der Waals surface area (Å²) in [4.78, 5) is 4.15. The molecule has 0 saturated carbocycles. The number of halogens is 1. The van der Waals surface area contributed by atoms with E-state index in [1.54, 1.807) is 12.3 Å². The van der Waals surface area contributed by atoms with Gasteiger partial charge in [-0.3, -0.25) is 0 Å². The molecule has 0 bridgehead atoms. The average molecular weight is 277 g/mol. The van der Waals surface area contributed by atoms with Gasteiger partial charge in [-0.15, -0.1) is 0 Å². The van der Waals surface area contributed by atoms with Gasteiger partial charge < -0.3 is 10.5 Å². The predicted molar refractivity (Wildman–Crippen MR) is 77.7 cm³/mol. The first kappa shape index (κ1) is 13.8. The molecule has 0 aliphatic heterocycles. The zero-order valence-electron chi connectivity index (χ0n) is 11.1. The van der Waals surface area contributed by atoms with Crippen molar-refractivity contribution in [3.05, 3.63) is 52.7 Å². The highest BCUT2D eigenvalue weighted by Crippen LogP contribution is 2.26. The van der Waals surface area contributed by atoms with Gasteiger partial charge in [0.05, 0.1) is 5.02 Å². The lowest BCUT2D eigenvalue weighted by molar-refractivity contribution is 0.461. The molecule has 3 nitrogen and oxygen atoms in total. The van der Waals surface area contributed by atoms with Crippen LogP contribution in [0.25, 0.3) is 0 Å². The van der Waals surface area contributed by atoms with Crippen LogP contribution >= 0.6 is 11.6 Å². The zero-order chi connectivity index (χ0) is 13.8. The molecule has 0 fully saturated rings. The van der Waals surface area contributed by atoms with Crippen LogP contribution in [0.1, 0.15) is 30.9 Å². The van der Waals surface area contributed by atoms with Gasteiger partial charge in [-0.05, 0) is 29.2 Å². The van der Waals surface area contributed by atoms with E-state index in [1.807, 2.05) is 18.2 Å². The Bertz CT molecular complexity index is 570. The normalized spacial score (nSPS) is 10.8. The highest BCUT2D eigenvalue weighted by Gasteiger charge is 2.05. The molecule has 1 aromatic carbocycles. The van der Waals surface area contributed by atoms with Crippen LogP contribution in [-0.2, 0) is 6.54 Å². The van der Waals surface area contributed by atoms with Crippen molar-refractivity contribution in [2.75, 3.05) is 0 Å². The van der Waals surface area contributed by atoms with Gasteiger partial charge in [-0.1, -0.05) is 37.6 Å². The largest absolute Gasteiger partial charge is 0.439 e. The molecule has 0 aliphatic carbocycles. The smallest absolute Gasteiger partial charge is 0.219 e. The molecule has 1 heterocycles. The summed E-state index contributed by atoms with van der Waals surface area (Å²) >= 11 is 5.97. The average Bonchev–Trinajstić information content (AvgIpc) is 2.41. The minimum atomic E-state index is 0.365. The standard InChI is InChI=1S/C15H17ClN2O/c1-10(2)11-4-3-5-13(6-11)19-15-7-12(8-17)14(16)9-18-15/h3-7,9-10H,8,17H2,1-2H3. The molecule has 2 N–H and O–H groups in total. The molecular weight excluding hydrogens is 260 g/mol. The molecule has 0 spiro atoms. The topological polar surface area (TPSA) is 48.1 Å². The highest BCUT2D eigenvalue weighted by molar-refractivity contribution is 6.31. The number of pyridine rings is 1. The Hall–Kier alpha value is -1.58. The molecule has 0 unspecified atom stereocenters. The molecule has 0 aliphatic rings. The van der Waals surface area contributed by atoms with Crippen molar-refractivity contribution in [3.63, 3.8) is 0 Å². The minimum absolute atomic E-state index is 0.365. The third-order valence-electron chi connectivity index (χ3n) is 2.88. The van der Waals surface area contributed by atoms with Crippen molar-refractivity contribution >= 4 is 11.6 Å². The van der Waals surface area contributed by atoms with Gasteiger partial charge in [-0.25, -0.2) is 4.98 Å². The molecule has 0 atom stereocenters. The summed E-state index contributed by atoms with van der Waals surface area (Å²) < 4.78 is 5.74. The lowest BCUT2D eigenvalue weighted by atomic mass is 10.0. The third-order valence-corrected chi connectivity index (χ3v) is 3.22. The molecule has 0 saturated heterocycles. The monoisotopic (exact) mass is 276 g/mol. The fourth-order valence-corrected chi connectivity index (χ4v) is 1.91. The van der Waals surface area contributed by atoms with Crippen LogP contribution in [0, 0.1) is 0 Å². The van der Waals surface area contributed by atoms with E-state index in [4.69, 9.17) is 22.1 Å². The second-order valence-corrected chi connectivity index (χ2v) is 5.05. The first-order chi connectivity index (χ1) is 9.10. The van der Waals surface area contributed by atoms with Crippen LogP contribution in [-0.4, -0.2) is 4.98 Å². The molecule has 0 amide bonds. The number of hydrogen-bond donors (Lipinski definition) is 1. The van der Waals surface area contributed by atoms with Crippen molar-refractivity contribution in [2.24, 2.45) is 5.73 Å².